The Hall–Kier alpha value is -3.47. The van der Waals surface area contributed by atoms with Gasteiger partial charge in [-0.2, -0.15) is 0 Å². The molecule has 0 saturated heterocycles. The average molecular weight is 559 g/mol. The predicted molar refractivity (Wildman–Crippen MR) is 135 cm³/mol. The summed E-state index contributed by atoms with van der Waals surface area (Å²) in [6.45, 7) is 4.60. The van der Waals surface area contributed by atoms with Crippen LogP contribution in [0.2, 0.25) is 0 Å². The van der Waals surface area contributed by atoms with E-state index < -0.39 is 17.0 Å². The molecule has 0 aliphatic heterocycles. The molecule has 0 bridgehead atoms. The van der Waals surface area contributed by atoms with Crippen molar-refractivity contribution >= 4 is 56.5 Å². The first kappa shape index (κ1) is 22.7. The van der Waals surface area contributed by atoms with Gasteiger partial charge < -0.3 is 20.0 Å². The van der Waals surface area contributed by atoms with Crippen LogP contribution >= 0.6 is 22.6 Å². The summed E-state index contributed by atoms with van der Waals surface area (Å²) in [6.07, 6.45) is 0. The number of aromatic nitrogens is 1. The third kappa shape index (κ3) is 4.40. The number of benzene rings is 2. The molecule has 2 aromatic carbocycles. The van der Waals surface area contributed by atoms with Crippen LogP contribution in [0.5, 0.6) is 0 Å². The number of rotatable bonds is 4. The summed E-state index contributed by atoms with van der Waals surface area (Å²) in [5.41, 5.74) is 1.51. The molecule has 4 rings (SSSR count). The number of fused-ring (bicyclic) bond motifs is 1. The Morgan fingerprint density at radius 3 is 2.58 bits per heavy atom. The number of carbonyl (C=O) groups is 1. The molecule has 0 atom stereocenters. The molecule has 0 aliphatic rings. The molecule has 0 aliphatic carbocycles. The second-order valence-corrected chi connectivity index (χ2v) is 8.80. The molecule has 0 saturated carbocycles. The largest absolute Gasteiger partial charge is 0.421 e. The van der Waals surface area contributed by atoms with Crippen molar-refractivity contribution in [2.24, 2.45) is 0 Å². The highest BCUT2D eigenvalue weighted by Gasteiger charge is 2.21. The van der Waals surface area contributed by atoms with E-state index in [1.807, 2.05) is 22.6 Å². The fourth-order valence-electron chi connectivity index (χ4n) is 3.67. The lowest BCUT2D eigenvalue weighted by Gasteiger charge is -2.15. The number of amides is 1. The first-order valence-corrected chi connectivity index (χ1v) is 11.0. The van der Waals surface area contributed by atoms with E-state index in [0.717, 1.165) is 0 Å². The van der Waals surface area contributed by atoms with E-state index in [2.05, 4.69) is 15.6 Å². The molecule has 3 N–H and O–H groups in total. The molecular weight excluding hydrogens is 540 g/mol. The molecule has 2 heterocycles. The van der Waals surface area contributed by atoms with Crippen molar-refractivity contribution in [3.63, 3.8) is 0 Å². The highest BCUT2D eigenvalue weighted by molar-refractivity contribution is 14.1. The van der Waals surface area contributed by atoms with Gasteiger partial charge in [0.15, 0.2) is 5.58 Å². The maximum absolute atomic E-state index is 14.5. The molecule has 0 unspecified atom stereocenters. The van der Waals surface area contributed by atoms with Gasteiger partial charge in [0, 0.05) is 27.4 Å². The van der Waals surface area contributed by atoms with Crippen LogP contribution < -0.4 is 21.8 Å². The summed E-state index contributed by atoms with van der Waals surface area (Å²) in [5, 5.41) is 5.72. The second kappa shape index (κ2) is 8.81. The summed E-state index contributed by atoms with van der Waals surface area (Å²) in [5.74, 6) is -0.752. The molecule has 2 aromatic heterocycles. The Kier molecular flexibility index (Phi) is 6.07. The van der Waals surface area contributed by atoms with E-state index in [1.165, 1.54) is 26.0 Å². The number of aromatic amines is 1. The summed E-state index contributed by atoms with van der Waals surface area (Å²) in [7, 11) is 0. The number of hydrogen-bond donors (Lipinski definition) is 3. The number of pyridine rings is 1. The van der Waals surface area contributed by atoms with Gasteiger partial charge in [0.05, 0.1) is 16.9 Å². The van der Waals surface area contributed by atoms with Gasteiger partial charge in [-0.25, -0.2) is 9.18 Å². The van der Waals surface area contributed by atoms with Crippen molar-refractivity contribution in [2.75, 3.05) is 10.6 Å². The Morgan fingerprint density at radius 2 is 1.88 bits per heavy atom. The fourth-order valence-corrected chi connectivity index (χ4v) is 4.12. The van der Waals surface area contributed by atoms with E-state index in [4.69, 9.17) is 4.42 Å². The van der Waals surface area contributed by atoms with Crippen LogP contribution in [0.3, 0.4) is 0 Å². The molecule has 1 amide bonds. The van der Waals surface area contributed by atoms with Crippen LogP contribution in [0.15, 0.2) is 56.5 Å². The second-order valence-electron chi connectivity index (χ2n) is 7.56. The van der Waals surface area contributed by atoms with E-state index in [0.29, 0.717) is 26.1 Å². The Morgan fingerprint density at radius 1 is 1.12 bits per heavy atom. The maximum Gasteiger partial charge on any atom is 0.341 e. The van der Waals surface area contributed by atoms with Gasteiger partial charge in [-0.3, -0.25) is 9.59 Å². The number of carbonyl (C=O) groups excluding carboxylic acids is 1. The van der Waals surface area contributed by atoms with Gasteiger partial charge in [0.25, 0.3) is 5.56 Å². The zero-order valence-electron chi connectivity index (χ0n) is 17.9. The minimum atomic E-state index is -0.653. The molecule has 7 nitrogen and oxygen atoms in total. The number of aryl methyl sites for hydroxylation is 1. The normalized spacial score (nSPS) is 10.9. The molecule has 0 spiro atoms. The van der Waals surface area contributed by atoms with Crippen LogP contribution in [-0.4, -0.2) is 10.9 Å². The highest BCUT2D eigenvalue weighted by Crippen LogP contribution is 2.35. The van der Waals surface area contributed by atoms with Crippen molar-refractivity contribution in [3.8, 4) is 11.1 Å². The van der Waals surface area contributed by atoms with Crippen molar-refractivity contribution in [2.45, 2.75) is 20.8 Å². The van der Waals surface area contributed by atoms with Crippen LogP contribution in [-0.2, 0) is 4.79 Å². The third-order valence-electron chi connectivity index (χ3n) is 5.15. The van der Waals surface area contributed by atoms with E-state index in [9.17, 15) is 18.8 Å². The average Bonchev–Trinajstić information content (AvgIpc) is 2.72. The molecule has 0 radical (unpaired) electrons. The van der Waals surface area contributed by atoms with Crippen molar-refractivity contribution < 1.29 is 13.6 Å². The topological polar surface area (TPSA) is 104 Å². The third-order valence-corrected chi connectivity index (χ3v) is 5.82. The number of halogens is 2. The molecule has 168 valence electrons. The van der Waals surface area contributed by atoms with Crippen molar-refractivity contribution in [1.82, 2.24) is 4.98 Å². The van der Waals surface area contributed by atoms with E-state index >= 15 is 0 Å². The lowest BCUT2D eigenvalue weighted by molar-refractivity contribution is -0.114. The lowest BCUT2D eigenvalue weighted by atomic mass is 10.00. The van der Waals surface area contributed by atoms with Crippen molar-refractivity contribution in [3.05, 3.63) is 83.9 Å². The Labute approximate surface area is 201 Å². The number of H-pyrrole nitrogens is 1. The predicted octanol–water partition coefficient (Wildman–Crippen LogP) is 5.21. The minimum absolute atomic E-state index is 0.0697. The lowest BCUT2D eigenvalue weighted by Crippen LogP contribution is -2.17. The summed E-state index contributed by atoms with van der Waals surface area (Å²) in [4.78, 5) is 40.0. The van der Waals surface area contributed by atoms with Crippen molar-refractivity contribution in [1.29, 1.82) is 0 Å². The molecule has 4 aromatic rings. The smallest absolute Gasteiger partial charge is 0.341 e. The van der Waals surface area contributed by atoms with Gasteiger partial charge in [0.1, 0.15) is 11.2 Å². The standard InChI is InChI=1S/C24H19FIN3O4/c1-11-21(29-18-8-7-15(26)10-17(18)25)20-22(33-24(11)32)19(12(2)27-23(20)31)14-5-4-6-16(9-14)28-13(3)30/h4-10,29H,1-3H3,(H,27,31)(H,28,30). The summed E-state index contributed by atoms with van der Waals surface area (Å²) < 4.78 is 20.8. The SMILES string of the molecule is CC(=O)Nc1cccc(-c2c(C)[nH]c(=O)c3c(Nc4ccc(I)cc4F)c(C)c(=O)oc23)c1. The molecule has 33 heavy (non-hydrogen) atoms. The van der Waals surface area contributed by atoms with E-state index in [-0.39, 0.29) is 33.8 Å². The van der Waals surface area contributed by atoms with Gasteiger partial charge >= 0.3 is 5.63 Å². The highest BCUT2D eigenvalue weighted by atomic mass is 127. The number of hydrogen-bond acceptors (Lipinski definition) is 5. The van der Waals surface area contributed by atoms with Crippen LogP contribution in [0.1, 0.15) is 18.2 Å². The number of anilines is 3. The van der Waals surface area contributed by atoms with Gasteiger partial charge in [-0.1, -0.05) is 12.1 Å². The van der Waals surface area contributed by atoms with Crippen LogP contribution in [0.25, 0.3) is 22.1 Å². The van der Waals surface area contributed by atoms with Gasteiger partial charge in [-0.15, -0.1) is 0 Å². The fraction of sp³-hybridized carbons (Fsp3) is 0.125. The minimum Gasteiger partial charge on any atom is -0.421 e. The van der Waals surface area contributed by atoms with Gasteiger partial charge in [0.2, 0.25) is 5.91 Å². The molecule has 0 fully saturated rings. The zero-order valence-corrected chi connectivity index (χ0v) is 20.1. The van der Waals surface area contributed by atoms with Crippen LogP contribution in [0, 0.1) is 23.2 Å². The quantitative estimate of drug-likeness (QED) is 0.298. The Balaban J connectivity index is 2.01. The molecule has 9 heteroatoms. The first-order chi connectivity index (χ1) is 15.7. The monoisotopic (exact) mass is 559 g/mol. The Bertz CT molecular complexity index is 1540. The van der Waals surface area contributed by atoms with E-state index in [1.54, 1.807) is 37.3 Å². The number of nitrogens with one attached hydrogen (secondary N) is 3. The summed E-state index contributed by atoms with van der Waals surface area (Å²) >= 11 is 1.99. The maximum atomic E-state index is 14.5. The first-order valence-electron chi connectivity index (χ1n) is 9.96. The zero-order chi connectivity index (χ0) is 23.9. The summed E-state index contributed by atoms with van der Waals surface area (Å²) in [6, 6.07) is 11.5. The molecular formula is C24H19FIN3O4. The van der Waals surface area contributed by atoms with Crippen LogP contribution in [0.4, 0.5) is 21.5 Å². The van der Waals surface area contributed by atoms with Gasteiger partial charge in [-0.05, 0) is 72.3 Å².